The summed E-state index contributed by atoms with van der Waals surface area (Å²) in [6, 6.07) is 26.0. The first-order valence-electron chi connectivity index (χ1n) is 18.7. The first-order valence-corrected chi connectivity index (χ1v) is 20.0. The van der Waals surface area contributed by atoms with Crippen molar-refractivity contribution in [2.24, 2.45) is 11.5 Å². The molecular weight excluding hydrogens is 763 g/mol. The topological polar surface area (TPSA) is 227 Å². The van der Waals surface area contributed by atoms with Gasteiger partial charge in [-0.3, -0.25) is 24.5 Å². The Labute approximate surface area is 341 Å². The molecule has 312 valence electrons. The molecule has 3 amide bonds. The lowest BCUT2D eigenvalue weighted by molar-refractivity contribution is -0.385. The van der Waals surface area contributed by atoms with Gasteiger partial charge in [0, 0.05) is 37.3 Å². The Morgan fingerprint density at radius 2 is 1.47 bits per heavy atom. The first kappa shape index (κ1) is 48.3. The maximum Gasteiger partial charge on any atom is 0.338 e. The highest BCUT2D eigenvalue weighted by molar-refractivity contribution is 7.80. The van der Waals surface area contributed by atoms with E-state index in [1.807, 2.05) is 60.7 Å². The van der Waals surface area contributed by atoms with Crippen molar-refractivity contribution in [3.8, 4) is 11.5 Å². The van der Waals surface area contributed by atoms with Gasteiger partial charge in [0.2, 0.25) is 11.8 Å². The summed E-state index contributed by atoms with van der Waals surface area (Å²) in [6.07, 6.45) is 1.70. The van der Waals surface area contributed by atoms with Gasteiger partial charge in [0.1, 0.15) is 0 Å². The zero-order valence-electron chi connectivity index (χ0n) is 33.9. The molecule has 0 fully saturated rings. The van der Waals surface area contributed by atoms with Crippen molar-refractivity contribution in [1.82, 2.24) is 16.0 Å². The molecule has 1 unspecified atom stereocenters. The monoisotopic (exact) mass is 818 g/mol. The van der Waals surface area contributed by atoms with Crippen LogP contribution < -0.4 is 52.8 Å². The molecule has 7 N–H and O–H groups in total. The predicted octanol–water partition coefficient (Wildman–Crippen LogP) is 3.98. The molecule has 0 saturated heterocycles. The van der Waals surface area contributed by atoms with Crippen LogP contribution in [0.3, 0.4) is 0 Å². The van der Waals surface area contributed by atoms with Crippen LogP contribution in [-0.2, 0) is 14.3 Å². The second-order valence-corrected chi connectivity index (χ2v) is 14.4. The SMILES string of the molecule is CCCN.CN.CNC(=O)CCNC(=O)CCCOc1cc([N+](=O)[O-])c(C(C)NC(=O)c2ccc(C(=O)OC)c(P(c3ccccc3)c3ccccc3)c2)cc1OC. The molecule has 4 aromatic rings. The van der Waals surface area contributed by atoms with Crippen LogP contribution in [0.4, 0.5) is 5.69 Å². The summed E-state index contributed by atoms with van der Waals surface area (Å²) in [6.45, 7) is 4.77. The van der Waals surface area contributed by atoms with Crippen LogP contribution in [0.5, 0.6) is 11.5 Å². The number of ether oxygens (including phenoxy) is 3. The van der Waals surface area contributed by atoms with Crippen LogP contribution in [0.25, 0.3) is 0 Å². The van der Waals surface area contributed by atoms with E-state index in [4.69, 9.17) is 19.9 Å². The van der Waals surface area contributed by atoms with E-state index in [2.05, 4.69) is 28.6 Å². The minimum absolute atomic E-state index is 0.0699. The van der Waals surface area contributed by atoms with Gasteiger partial charge >= 0.3 is 5.97 Å². The minimum atomic E-state index is -1.29. The van der Waals surface area contributed by atoms with Gasteiger partial charge in [-0.05, 0) is 76.2 Å². The third kappa shape index (κ3) is 14.6. The molecule has 0 aromatic heterocycles. The summed E-state index contributed by atoms with van der Waals surface area (Å²) in [5.41, 5.74) is 9.99. The first-order chi connectivity index (χ1) is 28.0. The van der Waals surface area contributed by atoms with Crippen molar-refractivity contribution in [2.75, 3.05) is 48.0 Å². The number of nitrogens with one attached hydrogen (secondary N) is 3. The minimum Gasteiger partial charge on any atom is -0.493 e. The van der Waals surface area contributed by atoms with E-state index in [1.165, 1.54) is 46.5 Å². The summed E-state index contributed by atoms with van der Waals surface area (Å²) in [5.74, 6) is -1.18. The zero-order chi connectivity index (χ0) is 43.0. The molecule has 58 heavy (non-hydrogen) atoms. The van der Waals surface area contributed by atoms with Crippen LogP contribution in [0, 0.1) is 10.1 Å². The number of nitrogens with zero attached hydrogens (tertiary/aromatic N) is 1. The van der Waals surface area contributed by atoms with Crippen molar-refractivity contribution >= 4 is 53.2 Å². The van der Waals surface area contributed by atoms with Crippen LogP contribution in [0.15, 0.2) is 91.0 Å². The second kappa shape index (κ2) is 26.1. The van der Waals surface area contributed by atoms with Crippen molar-refractivity contribution in [3.63, 3.8) is 0 Å². The van der Waals surface area contributed by atoms with Gasteiger partial charge in [0.15, 0.2) is 11.5 Å². The number of benzene rings is 4. The van der Waals surface area contributed by atoms with Crippen molar-refractivity contribution in [1.29, 1.82) is 0 Å². The van der Waals surface area contributed by atoms with Crippen LogP contribution in [0.2, 0.25) is 0 Å². The van der Waals surface area contributed by atoms with E-state index in [-0.39, 0.29) is 66.1 Å². The molecule has 0 saturated carbocycles. The number of carbonyl (C=O) groups is 4. The molecule has 0 aliphatic rings. The fraction of sp³-hybridized carbons (Fsp3) is 0.333. The van der Waals surface area contributed by atoms with Gasteiger partial charge in [-0.15, -0.1) is 0 Å². The summed E-state index contributed by atoms with van der Waals surface area (Å²) in [7, 11) is 4.42. The summed E-state index contributed by atoms with van der Waals surface area (Å²) in [4.78, 5) is 61.8. The van der Waals surface area contributed by atoms with Gasteiger partial charge < -0.3 is 41.6 Å². The largest absolute Gasteiger partial charge is 0.493 e. The Morgan fingerprint density at radius 1 is 0.862 bits per heavy atom. The van der Waals surface area contributed by atoms with E-state index in [9.17, 15) is 29.3 Å². The van der Waals surface area contributed by atoms with Crippen LogP contribution in [-0.4, -0.2) is 76.6 Å². The second-order valence-electron chi connectivity index (χ2n) is 12.3. The van der Waals surface area contributed by atoms with Gasteiger partial charge in [-0.2, -0.15) is 0 Å². The third-order valence-electron chi connectivity index (χ3n) is 8.31. The van der Waals surface area contributed by atoms with E-state index in [0.29, 0.717) is 17.3 Å². The maximum absolute atomic E-state index is 13.8. The van der Waals surface area contributed by atoms with Crippen molar-refractivity contribution in [3.05, 3.63) is 118 Å². The molecule has 0 bridgehead atoms. The Morgan fingerprint density at radius 3 is 1.98 bits per heavy atom. The fourth-order valence-corrected chi connectivity index (χ4v) is 7.84. The highest BCUT2D eigenvalue weighted by atomic mass is 31.1. The Kier molecular flexibility index (Phi) is 21.7. The Hall–Kier alpha value is -5.89. The van der Waals surface area contributed by atoms with Gasteiger partial charge in [-0.1, -0.05) is 67.6 Å². The molecule has 0 aliphatic heterocycles. The molecule has 4 rings (SSSR count). The number of nitrogens with two attached hydrogens (primary N) is 2. The molecular formula is C42H55N6O9P. The lowest BCUT2D eigenvalue weighted by atomic mass is 10.0. The number of nitro benzene ring substituents is 1. The summed E-state index contributed by atoms with van der Waals surface area (Å²) < 4.78 is 16.4. The fourth-order valence-electron chi connectivity index (χ4n) is 5.37. The lowest BCUT2D eigenvalue weighted by Crippen LogP contribution is -2.30. The number of rotatable bonds is 18. The highest BCUT2D eigenvalue weighted by Crippen LogP contribution is 2.38. The number of amides is 3. The molecule has 4 aromatic carbocycles. The molecule has 0 heterocycles. The third-order valence-corrected chi connectivity index (χ3v) is 10.8. The summed E-state index contributed by atoms with van der Waals surface area (Å²) >= 11 is 0. The van der Waals surface area contributed by atoms with E-state index >= 15 is 0 Å². The quantitative estimate of drug-likeness (QED) is 0.0317. The Balaban J connectivity index is 0.00000182. The van der Waals surface area contributed by atoms with Gasteiger partial charge in [0.05, 0.1) is 49.0 Å². The van der Waals surface area contributed by atoms with Gasteiger partial charge in [-0.25, -0.2) is 4.79 Å². The zero-order valence-corrected chi connectivity index (χ0v) is 34.8. The molecule has 0 spiro atoms. The normalized spacial score (nSPS) is 10.7. The standard InChI is InChI=1S/C38H41N4O9P.C3H9N.CH5N/c1-25(30-23-32(49-3)33(24-31(30)42(47)48)51-21-11-16-36(44)40-20-19-35(43)39-2)41-37(45)26-17-18-29(38(46)50-4)34(22-26)52(27-12-7-5-8-13-27)28-14-9-6-10-15-28;1-2-3-4;1-2/h5-10,12-15,17-18,22-25H,11,16,19-21H2,1-4H3,(H,39,43)(H,40,44)(H,41,45);2-4H2,1H3;2H2,1H3. The number of hydrogen-bond acceptors (Lipinski definition) is 11. The molecule has 0 aliphatic carbocycles. The van der Waals surface area contributed by atoms with E-state index < -0.39 is 30.8 Å². The number of hydrogen-bond donors (Lipinski definition) is 5. The van der Waals surface area contributed by atoms with Crippen molar-refractivity contribution in [2.45, 2.75) is 45.6 Å². The van der Waals surface area contributed by atoms with E-state index in [1.54, 1.807) is 19.1 Å². The van der Waals surface area contributed by atoms with Gasteiger partial charge in [0.25, 0.3) is 11.6 Å². The molecule has 1 atom stereocenters. The summed E-state index contributed by atoms with van der Waals surface area (Å²) in [5, 5.41) is 22.8. The van der Waals surface area contributed by atoms with Crippen LogP contribution in [0.1, 0.15) is 71.9 Å². The average molecular weight is 819 g/mol. The molecule has 16 heteroatoms. The number of carbonyl (C=O) groups excluding carboxylic acids is 4. The Bertz CT molecular complexity index is 1890. The smallest absolute Gasteiger partial charge is 0.338 e. The average Bonchev–Trinajstić information content (AvgIpc) is 3.26. The predicted molar refractivity (Wildman–Crippen MR) is 228 cm³/mol. The number of esters is 1. The highest BCUT2D eigenvalue weighted by Gasteiger charge is 2.28. The number of nitro groups is 1. The lowest BCUT2D eigenvalue weighted by Gasteiger charge is -2.23. The van der Waals surface area contributed by atoms with Crippen LogP contribution >= 0.6 is 7.92 Å². The molecule has 0 radical (unpaired) electrons. The molecule has 15 nitrogen and oxygen atoms in total. The van der Waals surface area contributed by atoms with E-state index in [0.717, 1.165) is 23.6 Å². The maximum atomic E-state index is 13.8. The number of methoxy groups -OCH3 is 2. The van der Waals surface area contributed by atoms with Crippen molar-refractivity contribution < 1.29 is 38.3 Å².